The molecule has 23 heavy (non-hydrogen) atoms. The lowest BCUT2D eigenvalue weighted by atomic mass is 10.2. The lowest BCUT2D eigenvalue weighted by Gasteiger charge is -2.18. The molecule has 0 saturated carbocycles. The molecule has 0 spiro atoms. The fourth-order valence-corrected chi connectivity index (χ4v) is 3.05. The Bertz CT molecular complexity index is 866. The molecule has 0 saturated heterocycles. The van der Waals surface area contributed by atoms with Gasteiger partial charge in [0.2, 0.25) is 0 Å². The number of carbonyl (C=O) groups is 1. The molecule has 0 atom stereocenters. The largest absolute Gasteiger partial charge is 0.499 e. The third kappa shape index (κ3) is 2.72. The van der Waals surface area contributed by atoms with Crippen LogP contribution < -0.4 is 5.73 Å². The predicted octanol–water partition coefficient (Wildman–Crippen LogP) is 2.23. The Hall–Kier alpha value is -2.61. The zero-order valence-electron chi connectivity index (χ0n) is 12.9. The summed E-state index contributed by atoms with van der Waals surface area (Å²) in [6.07, 6.45) is 0. The molecule has 0 aliphatic rings. The molecule has 120 valence electrons. The van der Waals surface area contributed by atoms with Gasteiger partial charge in [-0.25, -0.2) is 4.98 Å². The van der Waals surface area contributed by atoms with E-state index < -0.39 is 0 Å². The molecule has 8 heteroatoms. The number of aromatic nitrogens is 3. The number of fused-ring (bicyclic) bond motifs is 1. The summed E-state index contributed by atoms with van der Waals surface area (Å²) in [5.41, 5.74) is 7.01. The van der Waals surface area contributed by atoms with E-state index in [1.165, 1.54) is 15.9 Å². The van der Waals surface area contributed by atoms with E-state index in [0.29, 0.717) is 35.9 Å². The maximum Gasteiger partial charge on any atom is 0.254 e. The number of anilines is 1. The van der Waals surface area contributed by atoms with E-state index in [1.807, 2.05) is 13.8 Å². The van der Waals surface area contributed by atoms with Crippen LogP contribution in [0.5, 0.6) is 5.06 Å². The number of nitrogens with two attached hydrogens (primary N) is 1. The molecule has 0 unspecified atom stereocenters. The van der Waals surface area contributed by atoms with Crippen molar-refractivity contribution < 1.29 is 9.90 Å². The van der Waals surface area contributed by atoms with Crippen molar-refractivity contribution in [1.29, 1.82) is 0 Å². The maximum atomic E-state index is 12.5. The van der Waals surface area contributed by atoms with Crippen LogP contribution in [0.15, 0.2) is 24.3 Å². The van der Waals surface area contributed by atoms with Gasteiger partial charge in [-0.2, -0.15) is 4.52 Å². The number of hydrogen-bond donors (Lipinski definition) is 2. The molecule has 0 fully saturated rings. The lowest BCUT2D eigenvalue weighted by molar-refractivity contribution is 0.0773. The molecule has 3 N–H and O–H groups in total. The van der Waals surface area contributed by atoms with Crippen molar-refractivity contribution in [1.82, 2.24) is 19.5 Å². The average molecular weight is 331 g/mol. The number of hydrogen-bond acceptors (Lipinski definition) is 6. The first-order chi connectivity index (χ1) is 11.0. The van der Waals surface area contributed by atoms with E-state index in [4.69, 9.17) is 5.73 Å². The number of thiophene rings is 1. The third-order valence-corrected chi connectivity index (χ3v) is 4.46. The van der Waals surface area contributed by atoms with Crippen LogP contribution in [0.4, 0.5) is 5.82 Å². The van der Waals surface area contributed by atoms with Gasteiger partial charge in [-0.1, -0.05) is 11.3 Å². The highest BCUT2D eigenvalue weighted by atomic mass is 32.1. The second-order valence-corrected chi connectivity index (χ2v) is 6.05. The van der Waals surface area contributed by atoms with Crippen LogP contribution in [0.25, 0.3) is 16.3 Å². The Labute approximate surface area is 137 Å². The van der Waals surface area contributed by atoms with Crippen LogP contribution in [-0.4, -0.2) is 43.6 Å². The zero-order chi connectivity index (χ0) is 16.6. The van der Waals surface area contributed by atoms with Gasteiger partial charge >= 0.3 is 0 Å². The van der Waals surface area contributed by atoms with Gasteiger partial charge in [0.05, 0.1) is 4.88 Å². The molecule has 0 aliphatic carbocycles. The van der Waals surface area contributed by atoms with Crippen molar-refractivity contribution in [2.75, 3.05) is 18.8 Å². The fourth-order valence-electron chi connectivity index (χ4n) is 2.38. The Balaban J connectivity index is 2.06. The van der Waals surface area contributed by atoms with Crippen LogP contribution in [0, 0.1) is 0 Å². The molecule has 0 aromatic carbocycles. The lowest BCUT2D eigenvalue weighted by Crippen LogP contribution is -2.30. The van der Waals surface area contributed by atoms with Crippen LogP contribution in [0.1, 0.15) is 24.2 Å². The molecule has 3 aromatic rings. The Morgan fingerprint density at radius 2 is 2.09 bits per heavy atom. The summed E-state index contributed by atoms with van der Waals surface area (Å²) in [7, 11) is 0. The minimum absolute atomic E-state index is 0.0810. The second-order valence-electron chi connectivity index (χ2n) is 4.99. The van der Waals surface area contributed by atoms with E-state index in [9.17, 15) is 9.90 Å². The topological polar surface area (TPSA) is 96.8 Å². The quantitative estimate of drug-likeness (QED) is 0.764. The van der Waals surface area contributed by atoms with Crippen LogP contribution in [0.3, 0.4) is 0 Å². The highest BCUT2D eigenvalue weighted by molar-refractivity contribution is 7.17. The average Bonchev–Trinajstić information content (AvgIpc) is 3.14. The van der Waals surface area contributed by atoms with Crippen molar-refractivity contribution in [3.8, 4) is 15.8 Å². The van der Waals surface area contributed by atoms with E-state index in [-0.39, 0.29) is 11.0 Å². The molecule has 3 rings (SSSR count). The minimum atomic E-state index is -0.0810. The highest BCUT2D eigenvalue weighted by Gasteiger charge is 2.17. The van der Waals surface area contributed by atoms with E-state index in [0.717, 1.165) is 4.88 Å². The molecule has 3 heterocycles. The molecule has 1 amide bonds. The number of nitrogens with zero attached hydrogens (tertiary/aromatic N) is 4. The van der Waals surface area contributed by atoms with Crippen LogP contribution >= 0.6 is 11.3 Å². The summed E-state index contributed by atoms with van der Waals surface area (Å²) in [6.45, 7) is 5.13. The summed E-state index contributed by atoms with van der Waals surface area (Å²) in [5.74, 6) is 0.731. The van der Waals surface area contributed by atoms with Gasteiger partial charge in [0, 0.05) is 18.7 Å². The Morgan fingerprint density at radius 1 is 1.35 bits per heavy atom. The SMILES string of the molecule is CCN(CC)C(=O)c1cc(N)n2nc(-c3ccc(O)s3)nc2c1. The zero-order valence-corrected chi connectivity index (χ0v) is 13.7. The number of amides is 1. The van der Waals surface area contributed by atoms with Gasteiger partial charge in [-0.3, -0.25) is 4.79 Å². The second kappa shape index (κ2) is 5.88. The molecule has 0 radical (unpaired) electrons. The Kier molecular flexibility index (Phi) is 3.91. The van der Waals surface area contributed by atoms with Gasteiger partial charge in [-0.05, 0) is 38.1 Å². The van der Waals surface area contributed by atoms with E-state index in [1.54, 1.807) is 29.2 Å². The number of pyridine rings is 1. The predicted molar refractivity (Wildman–Crippen MR) is 89.6 cm³/mol. The first-order valence-corrected chi connectivity index (χ1v) is 8.09. The number of carbonyl (C=O) groups excluding carboxylic acids is 1. The monoisotopic (exact) mass is 331 g/mol. The van der Waals surface area contributed by atoms with Gasteiger partial charge in [-0.15, -0.1) is 5.10 Å². The van der Waals surface area contributed by atoms with Crippen molar-refractivity contribution in [3.05, 3.63) is 29.8 Å². The molecule has 3 aromatic heterocycles. The first kappa shape index (κ1) is 15.3. The molecular formula is C15H17N5O2S. The van der Waals surface area contributed by atoms with Crippen LogP contribution in [0.2, 0.25) is 0 Å². The van der Waals surface area contributed by atoms with Crippen molar-refractivity contribution in [2.45, 2.75) is 13.8 Å². The van der Waals surface area contributed by atoms with Gasteiger partial charge in [0.1, 0.15) is 5.82 Å². The molecule has 7 nitrogen and oxygen atoms in total. The minimum Gasteiger partial charge on any atom is -0.499 e. The molecule has 0 aliphatic heterocycles. The number of aromatic hydroxyl groups is 1. The standard InChI is InChI=1S/C15H17N5O2S/c1-3-19(4-2)15(22)9-7-11(16)20-12(8-9)17-14(18-20)10-5-6-13(21)23-10/h5-8,21H,3-4,16H2,1-2H3. The summed E-state index contributed by atoms with van der Waals surface area (Å²) < 4.78 is 1.49. The Morgan fingerprint density at radius 3 is 2.70 bits per heavy atom. The normalized spacial score (nSPS) is 11.0. The molecular weight excluding hydrogens is 314 g/mol. The van der Waals surface area contributed by atoms with Crippen LogP contribution in [-0.2, 0) is 0 Å². The maximum absolute atomic E-state index is 12.5. The van der Waals surface area contributed by atoms with Gasteiger partial charge < -0.3 is 15.7 Å². The van der Waals surface area contributed by atoms with Gasteiger partial charge in [0.15, 0.2) is 16.5 Å². The van der Waals surface area contributed by atoms with E-state index >= 15 is 0 Å². The van der Waals surface area contributed by atoms with Crippen molar-refractivity contribution in [3.63, 3.8) is 0 Å². The summed E-state index contributed by atoms with van der Waals surface area (Å²) in [5, 5.41) is 14.0. The number of nitrogen functional groups attached to an aromatic ring is 1. The highest BCUT2D eigenvalue weighted by Crippen LogP contribution is 2.30. The van der Waals surface area contributed by atoms with Gasteiger partial charge in [0.25, 0.3) is 5.91 Å². The van der Waals surface area contributed by atoms with Crippen molar-refractivity contribution >= 4 is 28.7 Å². The summed E-state index contributed by atoms with van der Waals surface area (Å²) >= 11 is 1.19. The molecule has 0 bridgehead atoms. The smallest absolute Gasteiger partial charge is 0.254 e. The summed E-state index contributed by atoms with van der Waals surface area (Å²) in [4.78, 5) is 19.3. The third-order valence-electron chi connectivity index (χ3n) is 3.57. The number of rotatable bonds is 4. The fraction of sp³-hybridized carbons (Fsp3) is 0.267. The van der Waals surface area contributed by atoms with E-state index in [2.05, 4.69) is 10.1 Å². The summed E-state index contributed by atoms with van der Waals surface area (Å²) in [6, 6.07) is 6.62. The van der Waals surface area contributed by atoms with Crippen molar-refractivity contribution in [2.24, 2.45) is 0 Å². The first-order valence-electron chi connectivity index (χ1n) is 7.28.